The quantitative estimate of drug-likeness (QED) is 0.154. The van der Waals surface area contributed by atoms with E-state index in [2.05, 4.69) is 119 Å². The summed E-state index contributed by atoms with van der Waals surface area (Å²) in [5.41, 5.74) is 11.8. The van der Waals surface area contributed by atoms with Crippen molar-refractivity contribution in [3.8, 4) is 28.7 Å². The predicted molar refractivity (Wildman–Crippen MR) is 229 cm³/mol. The highest BCUT2D eigenvalue weighted by Gasteiger charge is 2.28. The van der Waals surface area contributed by atoms with Crippen molar-refractivity contribution in [2.75, 3.05) is 26.9 Å². The number of phenolic OH excluding ortho intramolecular Hbond substituents is 1. The Kier molecular flexibility index (Phi) is 12.9. The maximum absolute atomic E-state index is 12.2. The third-order valence-corrected chi connectivity index (χ3v) is 10.7. The van der Waals surface area contributed by atoms with Gasteiger partial charge in [0.25, 0.3) is 0 Å². The van der Waals surface area contributed by atoms with Crippen molar-refractivity contribution < 1.29 is 24.1 Å². The molecule has 0 aliphatic heterocycles. The molecular weight excluding hydrogens is 681 g/mol. The maximum atomic E-state index is 12.2. The fourth-order valence-corrected chi connectivity index (χ4v) is 7.45. The van der Waals surface area contributed by atoms with Crippen LogP contribution in [-0.2, 0) is 41.9 Å². The summed E-state index contributed by atoms with van der Waals surface area (Å²) in [5.74, 6) is 3.76. The predicted octanol–water partition coefficient (Wildman–Crippen LogP) is 12.3. The van der Waals surface area contributed by atoms with E-state index >= 15 is 0 Å². The highest BCUT2D eigenvalue weighted by Crippen LogP contribution is 2.44. The van der Waals surface area contributed by atoms with E-state index in [0.717, 1.165) is 86.8 Å². The van der Waals surface area contributed by atoms with Crippen molar-refractivity contribution in [2.45, 2.75) is 144 Å². The van der Waals surface area contributed by atoms with E-state index in [-0.39, 0.29) is 22.0 Å². The smallest absolute Gasteiger partial charge is 0.126 e. The lowest BCUT2D eigenvalue weighted by molar-refractivity contribution is 0.306. The molecule has 5 rings (SSSR count). The minimum atomic E-state index is -0.114. The Labute approximate surface area is 332 Å². The Balaban J connectivity index is 1.96. The molecule has 0 amide bonds. The van der Waals surface area contributed by atoms with Crippen molar-refractivity contribution in [2.24, 2.45) is 0 Å². The van der Waals surface area contributed by atoms with E-state index in [0.29, 0.717) is 45.5 Å². The third-order valence-electron chi connectivity index (χ3n) is 10.7. The van der Waals surface area contributed by atoms with Crippen LogP contribution < -0.4 is 18.9 Å². The number of aromatic hydroxyl groups is 1. The molecule has 0 atom stereocenters. The van der Waals surface area contributed by atoms with Crippen LogP contribution in [0.15, 0.2) is 48.5 Å². The van der Waals surface area contributed by atoms with Crippen LogP contribution in [-0.4, -0.2) is 32.0 Å². The van der Waals surface area contributed by atoms with E-state index in [1.54, 1.807) is 7.11 Å². The molecule has 0 heterocycles. The van der Waals surface area contributed by atoms with Gasteiger partial charge in [-0.05, 0) is 97.7 Å². The molecule has 8 bridgehead atoms. The molecule has 4 aromatic rings. The summed E-state index contributed by atoms with van der Waals surface area (Å²) in [5, 5.41) is 12.2. The minimum Gasteiger partial charge on any atom is -0.507 e. The number of hydrogen-bond acceptors (Lipinski definition) is 5. The van der Waals surface area contributed by atoms with Crippen molar-refractivity contribution in [3.05, 3.63) is 110 Å². The van der Waals surface area contributed by atoms with Gasteiger partial charge in [0.2, 0.25) is 0 Å². The molecular formula is C50H68O5. The first-order valence-electron chi connectivity index (χ1n) is 20.6. The van der Waals surface area contributed by atoms with Gasteiger partial charge in [0.05, 0.1) is 26.9 Å². The highest BCUT2D eigenvalue weighted by molar-refractivity contribution is 5.59. The summed E-state index contributed by atoms with van der Waals surface area (Å²) in [4.78, 5) is 0. The molecule has 5 nitrogen and oxygen atoms in total. The molecule has 1 aliphatic rings. The van der Waals surface area contributed by atoms with Crippen molar-refractivity contribution in [1.29, 1.82) is 0 Å². The second-order valence-corrected chi connectivity index (χ2v) is 18.7. The number of rotatable bonds is 10. The van der Waals surface area contributed by atoms with Gasteiger partial charge in [0, 0.05) is 36.8 Å². The molecule has 0 spiro atoms. The summed E-state index contributed by atoms with van der Waals surface area (Å²) >= 11 is 0. The molecule has 1 aliphatic carbocycles. The molecule has 0 saturated carbocycles. The second-order valence-electron chi connectivity index (χ2n) is 18.7. The Morgan fingerprint density at radius 1 is 0.436 bits per heavy atom. The van der Waals surface area contributed by atoms with Crippen LogP contribution in [0.2, 0.25) is 0 Å². The molecule has 0 radical (unpaired) electrons. The SMILES string of the molecule is CCCOc1c2cc(C(C)(C)C)cc1Cc1cc(C(C)(C)C)cc(c1OCCC)Cc1cc(C(C)(C)C)cc(c1OCCC)Cc1cc(OC)cc(c1O)C2. The Morgan fingerprint density at radius 3 is 0.909 bits per heavy atom. The summed E-state index contributed by atoms with van der Waals surface area (Å²) in [7, 11) is 1.70. The van der Waals surface area contributed by atoms with E-state index in [1.807, 2.05) is 12.1 Å². The zero-order valence-electron chi connectivity index (χ0n) is 36.3. The van der Waals surface area contributed by atoms with E-state index in [1.165, 1.54) is 16.7 Å². The van der Waals surface area contributed by atoms with E-state index < -0.39 is 0 Å². The summed E-state index contributed by atoms with van der Waals surface area (Å²) in [6.07, 6.45) is 4.96. The third kappa shape index (κ3) is 9.83. The number of fused-ring (bicyclic) bond motifs is 8. The Morgan fingerprint density at radius 2 is 0.691 bits per heavy atom. The number of methoxy groups -OCH3 is 1. The van der Waals surface area contributed by atoms with Crippen molar-refractivity contribution in [1.82, 2.24) is 0 Å². The molecule has 1 N–H and O–H groups in total. The summed E-state index contributed by atoms with van der Waals surface area (Å²) in [6, 6.07) is 18.0. The molecule has 298 valence electrons. The first-order chi connectivity index (χ1) is 25.9. The van der Waals surface area contributed by atoms with E-state index in [4.69, 9.17) is 18.9 Å². The topological polar surface area (TPSA) is 57.2 Å². The molecule has 0 aromatic heterocycles. The lowest BCUT2D eigenvalue weighted by Gasteiger charge is -2.28. The lowest BCUT2D eigenvalue weighted by Crippen LogP contribution is -2.17. The van der Waals surface area contributed by atoms with Crippen LogP contribution in [0.1, 0.15) is 164 Å². The largest absolute Gasteiger partial charge is 0.507 e. The first-order valence-corrected chi connectivity index (χ1v) is 20.6. The second kappa shape index (κ2) is 16.9. The highest BCUT2D eigenvalue weighted by atomic mass is 16.5. The van der Waals surface area contributed by atoms with Gasteiger partial charge in [-0.15, -0.1) is 0 Å². The van der Waals surface area contributed by atoms with Crippen molar-refractivity contribution in [3.63, 3.8) is 0 Å². The molecule has 0 unspecified atom stereocenters. The number of benzene rings is 4. The first kappa shape index (κ1) is 42.0. The minimum absolute atomic E-state index is 0.0904. The molecule has 0 fully saturated rings. The van der Waals surface area contributed by atoms with Crippen LogP contribution in [0.3, 0.4) is 0 Å². The molecule has 0 saturated heterocycles. The van der Waals surface area contributed by atoms with Gasteiger partial charge in [-0.1, -0.05) is 119 Å². The van der Waals surface area contributed by atoms with Crippen LogP contribution in [0.5, 0.6) is 28.7 Å². The standard InChI is InChI=1S/C50H68O5/c1-14-17-53-45-34-20-32-30-43(52-13)31-33(44(32)51)21-35-25-41(49(7,8)9)27-37(46(35)54-18-15-2)23-39-29-42(50(10,11)12)28-38(47(39)55-19-16-3)22-36(45)26-40(24-34)48(4,5)6/h24-31,51H,14-23H2,1-13H3. The average Bonchev–Trinajstić information content (AvgIpc) is 3.10. The fraction of sp³-hybridized carbons (Fsp3) is 0.520. The number of hydrogen-bond donors (Lipinski definition) is 1. The fourth-order valence-electron chi connectivity index (χ4n) is 7.45. The molecule has 55 heavy (non-hydrogen) atoms. The average molecular weight is 749 g/mol. The monoisotopic (exact) mass is 749 g/mol. The van der Waals surface area contributed by atoms with Gasteiger partial charge in [-0.3, -0.25) is 0 Å². The summed E-state index contributed by atoms with van der Waals surface area (Å²) < 4.78 is 26.3. The normalized spacial score (nSPS) is 13.4. The van der Waals surface area contributed by atoms with Gasteiger partial charge in [-0.25, -0.2) is 0 Å². The van der Waals surface area contributed by atoms with Crippen LogP contribution in [0, 0.1) is 0 Å². The van der Waals surface area contributed by atoms with Crippen LogP contribution >= 0.6 is 0 Å². The van der Waals surface area contributed by atoms with E-state index in [9.17, 15) is 5.11 Å². The van der Waals surface area contributed by atoms with Crippen molar-refractivity contribution >= 4 is 0 Å². The van der Waals surface area contributed by atoms with Gasteiger partial charge >= 0.3 is 0 Å². The summed E-state index contributed by atoms with van der Waals surface area (Å²) in [6.45, 7) is 28.8. The zero-order chi connectivity index (χ0) is 40.3. The number of phenols is 1. The Bertz CT molecular complexity index is 1840. The van der Waals surface area contributed by atoms with Crippen LogP contribution in [0.4, 0.5) is 0 Å². The maximum Gasteiger partial charge on any atom is 0.126 e. The van der Waals surface area contributed by atoms with Gasteiger partial charge in [0.15, 0.2) is 0 Å². The lowest BCUT2D eigenvalue weighted by atomic mass is 9.80. The van der Waals surface area contributed by atoms with Crippen LogP contribution in [0.25, 0.3) is 0 Å². The van der Waals surface area contributed by atoms with Gasteiger partial charge in [-0.2, -0.15) is 0 Å². The number of ether oxygens (including phenoxy) is 4. The Hall–Kier alpha value is -4.12. The zero-order valence-corrected chi connectivity index (χ0v) is 36.3. The van der Waals surface area contributed by atoms with Gasteiger partial charge < -0.3 is 24.1 Å². The van der Waals surface area contributed by atoms with Gasteiger partial charge in [0.1, 0.15) is 28.7 Å². The molecule has 5 heteroatoms. The molecule has 4 aromatic carbocycles.